The van der Waals surface area contributed by atoms with E-state index in [1.807, 2.05) is 36.4 Å². The van der Waals surface area contributed by atoms with Gasteiger partial charge in [-0.2, -0.15) is 18.3 Å². The van der Waals surface area contributed by atoms with Gasteiger partial charge in [0.05, 0.1) is 31.1 Å². The van der Waals surface area contributed by atoms with E-state index in [2.05, 4.69) is 29.8 Å². The highest BCUT2D eigenvalue weighted by molar-refractivity contribution is 5.77. The molecule has 0 atom stereocenters. The summed E-state index contributed by atoms with van der Waals surface area (Å²) in [5.41, 5.74) is 3.96. The average Bonchev–Trinajstić information content (AvgIpc) is 3.51. The number of alkyl halides is 3. The van der Waals surface area contributed by atoms with Gasteiger partial charge in [0.25, 0.3) is 0 Å². The third kappa shape index (κ3) is 5.46. The van der Waals surface area contributed by atoms with E-state index in [0.29, 0.717) is 11.5 Å². The van der Waals surface area contributed by atoms with Crippen LogP contribution in [0.2, 0.25) is 0 Å². The summed E-state index contributed by atoms with van der Waals surface area (Å²) >= 11 is 0. The minimum Gasteiger partial charge on any atom is -0.337 e. The highest BCUT2D eigenvalue weighted by Crippen LogP contribution is 2.25. The second-order valence-electron chi connectivity index (χ2n) is 7.01. The summed E-state index contributed by atoms with van der Waals surface area (Å²) in [6.45, 7) is -0.00103. The topological polar surface area (TPSA) is 112 Å². The van der Waals surface area contributed by atoms with Crippen LogP contribution in [-0.4, -0.2) is 42.8 Å². The molecule has 0 saturated heterocycles. The molecular formula is C22H16F3N5O4. The number of aromatic nitrogens is 5. The molecule has 0 unspecified atom stereocenters. The van der Waals surface area contributed by atoms with E-state index in [0.717, 1.165) is 22.4 Å². The Morgan fingerprint density at radius 3 is 2.53 bits per heavy atom. The number of nitrogens with zero attached hydrogens (tertiary/aromatic N) is 4. The quantitative estimate of drug-likeness (QED) is 0.335. The van der Waals surface area contributed by atoms with Gasteiger partial charge in [0.2, 0.25) is 0 Å². The molecule has 0 aliphatic rings. The molecule has 3 aromatic heterocycles. The number of carbonyl (C=O) groups is 2. The van der Waals surface area contributed by atoms with Crippen molar-refractivity contribution in [3.05, 3.63) is 67.3 Å². The Morgan fingerprint density at radius 1 is 0.971 bits per heavy atom. The zero-order chi connectivity index (χ0) is 24.1. The van der Waals surface area contributed by atoms with Gasteiger partial charge in [-0.05, 0) is 23.3 Å². The number of carbonyl (C=O) groups excluding carboxylic acids is 2. The standard InChI is InChI=1S/C22H16F3N5O4/c23-22(24,25)21(32)34-33-19(31)7-9-30-13-16(11-28-30)15-6-8-26-17(10-15)20-27-12-18(29-20)14-4-2-1-3-5-14/h1-6,8,10-13H,7,9H2,(H,27,29). The van der Waals surface area contributed by atoms with Crippen LogP contribution in [0.5, 0.6) is 0 Å². The average molecular weight is 471 g/mol. The van der Waals surface area contributed by atoms with Gasteiger partial charge in [0, 0.05) is 18.0 Å². The Hall–Kier alpha value is -4.48. The van der Waals surface area contributed by atoms with Gasteiger partial charge in [0.15, 0.2) is 5.82 Å². The summed E-state index contributed by atoms with van der Waals surface area (Å²) in [7, 11) is 0. The van der Waals surface area contributed by atoms with Gasteiger partial charge in [-0.3, -0.25) is 9.67 Å². The smallest absolute Gasteiger partial charge is 0.337 e. The number of imidazole rings is 1. The maximum absolute atomic E-state index is 12.0. The number of rotatable bonds is 6. The zero-order valence-electron chi connectivity index (χ0n) is 17.3. The predicted molar refractivity (Wildman–Crippen MR) is 111 cm³/mol. The Labute approximate surface area is 190 Å². The van der Waals surface area contributed by atoms with Gasteiger partial charge in [-0.25, -0.2) is 24.3 Å². The fourth-order valence-electron chi connectivity index (χ4n) is 2.97. The minimum atomic E-state index is -5.25. The summed E-state index contributed by atoms with van der Waals surface area (Å²) in [6, 6.07) is 13.3. The predicted octanol–water partition coefficient (Wildman–Crippen LogP) is 3.96. The molecule has 0 amide bonds. The molecule has 0 fully saturated rings. The summed E-state index contributed by atoms with van der Waals surface area (Å²) in [5.74, 6) is -3.17. The molecule has 0 aliphatic heterocycles. The van der Waals surface area contributed by atoms with Gasteiger partial charge in [0.1, 0.15) is 5.69 Å². The lowest BCUT2D eigenvalue weighted by Gasteiger charge is -2.05. The number of H-pyrrole nitrogens is 1. The van der Waals surface area contributed by atoms with Crippen LogP contribution in [0.25, 0.3) is 33.9 Å². The minimum absolute atomic E-state index is 0.00103. The van der Waals surface area contributed by atoms with E-state index >= 15 is 0 Å². The molecule has 12 heteroatoms. The van der Waals surface area contributed by atoms with Crippen molar-refractivity contribution >= 4 is 11.9 Å². The molecule has 0 saturated carbocycles. The third-order valence-corrected chi connectivity index (χ3v) is 4.62. The number of aromatic amines is 1. The Morgan fingerprint density at radius 2 is 1.76 bits per heavy atom. The van der Waals surface area contributed by atoms with Crippen LogP contribution in [0.1, 0.15) is 6.42 Å². The number of aryl methyl sites for hydroxylation is 1. The molecule has 1 N–H and O–H groups in total. The number of nitrogens with one attached hydrogen (secondary N) is 1. The van der Waals surface area contributed by atoms with Crippen molar-refractivity contribution in [1.29, 1.82) is 0 Å². The first-order chi connectivity index (χ1) is 16.3. The molecule has 3 heterocycles. The third-order valence-electron chi connectivity index (χ3n) is 4.62. The van der Waals surface area contributed by atoms with Crippen LogP contribution in [-0.2, 0) is 25.9 Å². The lowest BCUT2D eigenvalue weighted by molar-refractivity contribution is -0.285. The van der Waals surface area contributed by atoms with Crippen LogP contribution in [0, 0.1) is 0 Å². The number of hydrogen-bond acceptors (Lipinski definition) is 7. The first kappa shape index (κ1) is 22.7. The van der Waals surface area contributed by atoms with E-state index in [9.17, 15) is 22.8 Å². The molecule has 34 heavy (non-hydrogen) atoms. The van der Waals surface area contributed by atoms with Crippen LogP contribution in [0.15, 0.2) is 67.3 Å². The van der Waals surface area contributed by atoms with Gasteiger partial charge in [-0.1, -0.05) is 30.3 Å². The van der Waals surface area contributed by atoms with Crippen molar-refractivity contribution in [3.8, 4) is 33.9 Å². The highest BCUT2D eigenvalue weighted by Gasteiger charge is 2.43. The van der Waals surface area contributed by atoms with Crippen LogP contribution in [0.3, 0.4) is 0 Å². The fourth-order valence-corrected chi connectivity index (χ4v) is 2.97. The van der Waals surface area contributed by atoms with Crippen LogP contribution in [0.4, 0.5) is 13.2 Å². The normalized spacial score (nSPS) is 11.3. The van der Waals surface area contributed by atoms with Crippen molar-refractivity contribution in [3.63, 3.8) is 0 Å². The molecule has 0 aliphatic carbocycles. The lowest BCUT2D eigenvalue weighted by atomic mass is 10.1. The Bertz CT molecular complexity index is 1300. The van der Waals surface area contributed by atoms with Gasteiger partial charge < -0.3 is 4.98 Å². The van der Waals surface area contributed by atoms with Gasteiger partial charge >= 0.3 is 18.1 Å². The first-order valence-corrected chi connectivity index (χ1v) is 9.88. The van der Waals surface area contributed by atoms with E-state index in [1.54, 1.807) is 30.9 Å². The zero-order valence-corrected chi connectivity index (χ0v) is 17.3. The van der Waals surface area contributed by atoms with Crippen LogP contribution < -0.4 is 0 Å². The molecule has 174 valence electrons. The summed E-state index contributed by atoms with van der Waals surface area (Å²) in [5, 5.41) is 4.12. The lowest BCUT2D eigenvalue weighted by Crippen LogP contribution is -2.26. The van der Waals surface area contributed by atoms with Crippen molar-refractivity contribution in [2.24, 2.45) is 0 Å². The molecular weight excluding hydrogens is 455 g/mol. The maximum atomic E-state index is 12.0. The summed E-state index contributed by atoms with van der Waals surface area (Å²) < 4.78 is 37.5. The maximum Gasteiger partial charge on any atom is 0.495 e. The molecule has 0 spiro atoms. The van der Waals surface area contributed by atoms with Crippen LogP contribution >= 0.6 is 0 Å². The van der Waals surface area contributed by atoms with Crippen molar-refractivity contribution in [2.75, 3.05) is 0 Å². The number of benzene rings is 1. The SMILES string of the molecule is O=C(CCn1cc(-c2ccnc(-c3ncc(-c4ccccc4)[nH]3)c2)cn1)OOC(=O)C(F)(F)F. The Kier molecular flexibility index (Phi) is 6.39. The number of halogens is 3. The van der Waals surface area contributed by atoms with E-state index < -0.39 is 18.1 Å². The van der Waals surface area contributed by atoms with Crippen molar-refractivity contribution in [2.45, 2.75) is 19.1 Å². The van der Waals surface area contributed by atoms with Crippen molar-refractivity contribution in [1.82, 2.24) is 24.7 Å². The first-order valence-electron chi connectivity index (χ1n) is 9.88. The van der Waals surface area contributed by atoms with Gasteiger partial charge in [-0.15, -0.1) is 0 Å². The number of pyridine rings is 1. The molecule has 1 aromatic carbocycles. The molecule has 0 bridgehead atoms. The summed E-state index contributed by atoms with van der Waals surface area (Å²) in [4.78, 5) is 41.4. The Balaban J connectivity index is 1.39. The van der Waals surface area contributed by atoms with E-state index in [4.69, 9.17) is 0 Å². The second kappa shape index (κ2) is 9.57. The summed E-state index contributed by atoms with van der Waals surface area (Å²) in [6.07, 6.45) is 0.945. The highest BCUT2D eigenvalue weighted by atomic mass is 19.4. The molecule has 4 rings (SSSR count). The van der Waals surface area contributed by atoms with Crippen molar-refractivity contribution < 1.29 is 32.5 Å². The van der Waals surface area contributed by atoms with E-state index in [-0.39, 0.29) is 13.0 Å². The molecule has 4 aromatic rings. The second-order valence-corrected chi connectivity index (χ2v) is 7.01. The monoisotopic (exact) mass is 471 g/mol. The largest absolute Gasteiger partial charge is 0.495 e. The van der Waals surface area contributed by atoms with E-state index in [1.165, 1.54) is 4.68 Å². The molecule has 0 radical (unpaired) electrons. The number of hydrogen-bond donors (Lipinski definition) is 1. The molecule has 9 nitrogen and oxygen atoms in total. The fraction of sp³-hybridized carbons (Fsp3) is 0.136.